The van der Waals surface area contributed by atoms with E-state index in [1.54, 1.807) is 0 Å². The molecular weight excluding hydrogens is 162 g/mol. The summed E-state index contributed by atoms with van der Waals surface area (Å²) in [5, 5.41) is 10.7. The van der Waals surface area contributed by atoms with Crippen molar-refractivity contribution in [2.24, 2.45) is 5.73 Å². The highest BCUT2D eigenvalue weighted by Gasteiger charge is 2.21. The number of hydrogen-bond acceptors (Lipinski definition) is 2. The normalized spacial score (nSPS) is 15.4. The first-order valence-corrected chi connectivity index (χ1v) is 4.47. The minimum atomic E-state index is 0.128. The summed E-state index contributed by atoms with van der Waals surface area (Å²) in [6, 6.07) is 8.29. The summed E-state index contributed by atoms with van der Waals surface area (Å²) in [6.07, 6.45) is 2.46. The van der Waals surface area contributed by atoms with Gasteiger partial charge in [-0.1, -0.05) is 12.1 Å². The Labute approximate surface area is 77.5 Å². The second kappa shape index (κ2) is 3.09. The first-order chi connectivity index (χ1) is 6.27. The third kappa shape index (κ3) is 1.80. The smallest absolute Gasteiger partial charge is 0.124 e. The van der Waals surface area contributed by atoms with Crippen molar-refractivity contribution in [3.05, 3.63) is 29.8 Å². The molecule has 0 aliphatic heterocycles. The number of benzene rings is 1. The Balaban J connectivity index is 2.25. The number of rotatable bonds is 3. The minimum absolute atomic E-state index is 0.128. The highest BCUT2D eigenvalue weighted by molar-refractivity contribution is 6.00. The molecule has 13 heavy (non-hydrogen) atoms. The lowest BCUT2D eigenvalue weighted by molar-refractivity contribution is 1.15. The van der Waals surface area contributed by atoms with Gasteiger partial charge < -0.3 is 11.1 Å². The van der Waals surface area contributed by atoms with Crippen LogP contribution >= 0.6 is 0 Å². The Morgan fingerprint density at radius 3 is 2.69 bits per heavy atom. The molecule has 1 aliphatic rings. The summed E-state index contributed by atoms with van der Waals surface area (Å²) in [4.78, 5) is 0. The predicted octanol–water partition coefficient (Wildman–Crippen LogP) is 1.54. The zero-order valence-electron chi connectivity index (χ0n) is 7.38. The molecule has 1 fully saturated rings. The second-order valence-electron chi connectivity index (χ2n) is 3.38. The summed E-state index contributed by atoms with van der Waals surface area (Å²) in [5.41, 5.74) is 7.24. The van der Waals surface area contributed by atoms with Crippen molar-refractivity contribution in [2.45, 2.75) is 18.9 Å². The maximum absolute atomic E-state index is 7.38. The molecule has 3 nitrogen and oxygen atoms in total. The van der Waals surface area contributed by atoms with E-state index in [0.29, 0.717) is 6.04 Å². The van der Waals surface area contributed by atoms with Gasteiger partial charge in [-0.2, -0.15) is 0 Å². The number of nitrogen functional groups attached to an aromatic ring is 1. The van der Waals surface area contributed by atoms with E-state index in [4.69, 9.17) is 11.1 Å². The van der Waals surface area contributed by atoms with Crippen molar-refractivity contribution >= 4 is 11.5 Å². The van der Waals surface area contributed by atoms with Gasteiger partial charge in [0.1, 0.15) is 5.84 Å². The van der Waals surface area contributed by atoms with Crippen molar-refractivity contribution in [2.75, 3.05) is 5.32 Å². The third-order valence-corrected chi connectivity index (χ3v) is 2.15. The fraction of sp³-hybridized carbons (Fsp3) is 0.300. The molecule has 2 rings (SSSR count). The van der Waals surface area contributed by atoms with Crippen LogP contribution in [0, 0.1) is 5.41 Å². The summed E-state index contributed by atoms with van der Waals surface area (Å²) >= 11 is 0. The Morgan fingerprint density at radius 2 is 2.08 bits per heavy atom. The van der Waals surface area contributed by atoms with Gasteiger partial charge in [0.2, 0.25) is 0 Å². The Hall–Kier alpha value is -1.51. The molecule has 1 saturated carbocycles. The van der Waals surface area contributed by atoms with Crippen LogP contribution in [0.15, 0.2) is 24.3 Å². The molecule has 3 heteroatoms. The predicted molar refractivity (Wildman–Crippen MR) is 54.1 cm³/mol. The molecule has 1 aliphatic carbocycles. The molecule has 68 valence electrons. The third-order valence-electron chi connectivity index (χ3n) is 2.15. The molecule has 0 spiro atoms. The van der Waals surface area contributed by atoms with Crippen LogP contribution in [0.3, 0.4) is 0 Å². The van der Waals surface area contributed by atoms with Crippen LogP contribution in [0.25, 0.3) is 0 Å². The second-order valence-corrected chi connectivity index (χ2v) is 3.38. The summed E-state index contributed by atoms with van der Waals surface area (Å²) in [5.74, 6) is 0.128. The molecule has 0 atom stereocenters. The number of para-hydroxylation sites is 1. The van der Waals surface area contributed by atoms with Crippen molar-refractivity contribution in [3.8, 4) is 0 Å². The van der Waals surface area contributed by atoms with Crippen molar-refractivity contribution < 1.29 is 0 Å². The van der Waals surface area contributed by atoms with Gasteiger partial charge in [0, 0.05) is 17.3 Å². The van der Waals surface area contributed by atoms with Crippen LogP contribution in [-0.2, 0) is 0 Å². The van der Waals surface area contributed by atoms with E-state index in [9.17, 15) is 0 Å². The average Bonchev–Trinajstić information content (AvgIpc) is 2.89. The van der Waals surface area contributed by atoms with Gasteiger partial charge in [0.25, 0.3) is 0 Å². The van der Waals surface area contributed by atoms with E-state index >= 15 is 0 Å². The Kier molecular flexibility index (Phi) is 1.93. The highest BCUT2D eigenvalue weighted by Crippen LogP contribution is 2.26. The number of amidine groups is 1. The number of nitrogens with two attached hydrogens (primary N) is 1. The molecule has 1 aromatic rings. The van der Waals surface area contributed by atoms with Crippen LogP contribution < -0.4 is 11.1 Å². The van der Waals surface area contributed by atoms with E-state index in [-0.39, 0.29) is 5.84 Å². The van der Waals surface area contributed by atoms with Crippen LogP contribution in [0.2, 0.25) is 0 Å². The number of anilines is 1. The van der Waals surface area contributed by atoms with Crippen molar-refractivity contribution in [3.63, 3.8) is 0 Å². The first-order valence-electron chi connectivity index (χ1n) is 4.47. The summed E-state index contributed by atoms with van der Waals surface area (Å²) in [7, 11) is 0. The van der Waals surface area contributed by atoms with Crippen LogP contribution in [0.5, 0.6) is 0 Å². The average molecular weight is 175 g/mol. The van der Waals surface area contributed by atoms with Gasteiger partial charge in [0.05, 0.1) is 0 Å². The summed E-state index contributed by atoms with van der Waals surface area (Å²) in [6.45, 7) is 0. The van der Waals surface area contributed by atoms with Crippen LogP contribution in [-0.4, -0.2) is 11.9 Å². The number of hydrogen-bond donors (Lipinski definition) is 3. The molecule has 0 radical (unpaired) electrons. The van der Waals surface area contributed by atoms with E-state index < -0.39 is 0 Å². The fourth-order valence-electron chi connectivity index (χ4n) is 1.29. The first kappa shape index (κ1) is 8.10. The van der Waals surface area contributed by atoms with Crippen molar-refractivity contribution in [1.29, 1.82) is 5.41 Å². The van der Waals surface area contributed by atoms with Gasteiger partial charge in [-0.15, -0.1) is 0 Å². The molecule has 0 amide bonds. The number of nitrogens with one attached hydrogen (secondary N) is 2. The van der Waals surface area contributed by atoms with E-state index in [0.717, 1.165) is 11.3 Å². The zero-order valence-corrected chi connectivity index (χ0v) is 7.38. The maximum Gasteiger partial charge on any atom is 0.124 e. The van der Waals surface area contributed by atoms with Gasteiger partial charge in [0.15, 0.2) is 0 Å². The lowest BCUT2D eigenvalue weighted by Crippen LogP contribution is -2.14. The van der Waals surface area contributed by atoms with E-state index in [2.05, 4.69) is 5.32 Å². The van der Waals surface area contributed by atoms with Gasteiger partial charge in [-0.25, -0.2) is 0 Å². The minimum Gasteiger partial charge on any atom is -0.384 e. The van der Waals surface area contributed by atoms with Gasteiger partial charge in [-0.05, 0) is 25.0 Å². The molecule has 1 aromatic carbocycles. The van der Waals surface area contributed by atoms with Crippen LogP contribution in [0.1, 0.15) is 18.4 Å². The van der Waals surface area contributed by atoms with Gasteiger partial charge in [-0.3, -0.25) is 5.41 Å². The monoisotopic (exact) mass is 175 g/mol. The standard InChI is InChI=1S/C10H13N3/c11-10(12)8-3-1-2-4-9(8)13-7-5-6-7/h1-4,7,13H,5-6H2,(H3,11,12). The zero-order chi connectivity index (χ0) is 9.26. The SMILES string of the molecule is N=C(N)c1ccccc1NC1CC1. The lowest BCUT2D eigenvalue weighted by Gasteiger charge is -2.09. The molecule has 4 N–H and O–H groups in total. The Bertz CT molecular complexity index is 329. The van der Waals surface area contributed by atoms with E-state index in [1.165, 1.54) is 12.8 Å². The molecular formula is C10H13N3. The Morgan fingerprint density at radius 1 is 1.38 bits per heavy atom. The molecule has 0 saturated heterocycles. The van der Waals surface area contributed by atoms with Crippen LogP contribution in [0.4, 0.5) is 5.69 Å². The molecule has 0 aromatic heterocycles. The highest BCUT2D eigenvalue weighted by atomic mass is 15.0. The molecule has 0 heterocycles. The summed E-state index contributed by atoms with van der Waals surface area (Å²) < 4.78 is 0. The topological polar surface area (TPSA) is 61.9 Å². The lowest BCUT2D eigenvalue weighted by atomic mass is 10.1. The molecule has 0 bridgehead atoms. The van der Waals surface area contributed by atoms with Crippen molar-refractivity contribution in [1.82, 2.24) is 0 Å². The van der Waals surface area contributed by atoms with E-state index in [1.807, 2.05) is 24.3 Å². The van der Waals surface area contributed by atoms with Gasteiger partial charge >= 0.3 is 0 Å². The quantitative estimate of drug-likeness (QED) is 0.482. The fourth-order valence-corrected chi connectivity index (χ4v) is 1.29. The maximum atomic E-state index is 7.38. The largest absolute Gasteiger partial charge is 0.384 e. The molecule has 0 unspecified atom stereocenters.